The highest BCUT2D eigenvalue weighted by atomic mass is 79.9. The van der Waals surface area contributed by atoms with Crippen LogP contribution < -0.4 is 0 Å². The third-order valence-corrected chi connectivity index (χ3v) is 5.19. The second kappa shape index (κ2) is 4.49. The highest BCUT2D eigenvalue weighted by molar-refractivity contribution is 9.09. The van der Waals surface area contributed by atoms with Gasteiger partial charge in [-0.1, -0.05) is 34.1 Å². The summed E-state index contributed by atoms with van der Waals surface area (Å²) >= 11 is 3.65. The van der Waals surface area contributed by atoms with Crippen molar-refractivity contribution in [3.63, 3.8) is 0 Å². The Bertz CT molecular complexity index is 478. The van der Waals surface area contributed by atoms with Gasteiger partial charge in [0.25, 0.3) is 0 Å². The maximum atomic E-state index is 11.6. The predicted octanol–water partition coefficient (Wildman–Crippen LogP) is 2.81. The average Bonchev–Trinajstić information content (AvgIpc) is 2.99. The van der Waals surface area contributed by atoms with Crippen LogP contribution in [-0.4, -0.2) is 19.5 Å². The van der Waals surface area contributed by atoms with Gasteiger partial charge in [-0.3, -0.25) is 0 Å². The Labute approximate surface area is 105 Å². The normalized spacial score (nSPS) is 18.4. The fraction of sp³-hybridized carbons (Fsp3) is 0.500. The van der Waals surface area contributed by atoms with E-state index in [-0.39, 0.29) is 0 Å². The number of benzene rings is 1. The molecule has 1 aliphatic carbocycles. The van der Waals surface area contributed by atoms with Crippen molar-refractivity contribution in [1.82, 2.24) is 0 Å². The largest absolute Gasteiger partial charge is 0.224 e. The summed E-state index contributed by atoms with van der Waals surface area (Å²) in [7, 11) is -3.11. The van der Waals surface area contributed by atoms with E-state index in [4.69, 9.17) is 0 Å². The van der Waals surface area contributed by atoms with Gasteiger partial charge < -0.3 is 0 Å². The summed E-state index contributed by atoms with van der Waals surface area (Å²) in [6, 6.07) is 7.28. The van der Waals surface area contributed by atoms with E-state index in [2.05, 4.69) is 15.9 Å². The molecule has 1 saturated carbocycles. The molecule has 4 heteroatoms. The molecule has 1 aliphatic rings. The summed E-state index contributed by atoms with van der Waals surface area (Å²) in [5, 5.41) is 0. The van der Waals surface area contributed by atoms with Gasteiger partial charge in [0, 0.05) is 11.1 Å². The Morgan fingerprint density at radius 1 is 1.38 bits per heavy atom. The molecule has 0 saturated heterocycles. The van der Waals surface area contributed by atoms with E-state index >= 15 is 0 Å². The molecule has 0 radical (unpaired) electrons. The van der Waals surface area contributed by atoms with Crippen molar-refractivity contribution >= 4 is 25.8 Å². The Morgan fingerprint density at radius 3 is 2.56 bits per heavy atom. The van der Waals surface area contributed by atoms with Crippen molar-refractivity contribution in [3.8, 4) is 0 Å². The first-order valence-electron chi connectivity index (χ1n) is 5.40. The van der Waals surface area contributed by atoms with E-state index in [9.17, 15) is 8.42 Å². The maximum absolute atomic E-state index is 11.6. The molecule has 0 amide bonds. The topological polar surface area (TPSA) is 34.1 Å². The van der Waals surface area contributed by atoms with Crippen LogP contribution in [0.25, 0.3) is 0 Å². The number of sulfone groups is 1. The average molecular weight is 303 g/mol. The van der Waals surface area contributed by atoms with E-state index in [1.54, 1.807) is 12.1 Å². The Morgan fingerprint density at radius 2 is 2.00 bits per heavy atom. The van der Waals surface area contributed by atoms with Crippen molar-refractivity contribution in [1.29, 1.82) is 0 Å². The molecule has 2 nitrogen and oxygen atoms in total. The molecule has 0 bridgehead atoms. The summed E-state index contributed by atoms with van der Waals surface area (Å²) in [4.78, 5) is 0.885. The van der Waals surface area contributed by atoms with Crippen LogP contribution in [-0.2, 0) is 16.3 Å². The van der Waals surface area contributed by atoms with E-state index < -0.39 is 9.84 Å². The van der Waals surface area contributed by atoms with Gasteiger partial charge in [0.05, 0.1) is 4.90 Å². The maximum Gasteiger partial charge on any atom is 0.175 e. The van der Waals surface area contributed by atoms with Crippen molar-refractivity contribution in [2.45, 2.75) is 29.0 Å². The predicted molar refractivity (Wildman–Crippen MR) is 68.7 cm³/mol. The third-order valence-electron chi connectivity index (χ3n) is 2.92. The lowest BCUT2D eigenvalue weighted by Crippen LogP contribution is -2.09. The van der Waals surface area contributed by atoms with Crippen molar-refractivity contribution < 1.29 is 8.42 Å². The first-order chi connectivity index (χ1) is 7.48. The van der Waals surface area contributed by atoms with Gasteiger partial charge in [-0.25, -0.2) is 8.42 Å². The summed E-state index contributed by atoms with van der Waals surface area (Å²) in [6.07, 6.45) is 4.59. The van der Waals surface area contributed by atoms with Crippen LogP contribution >= 0.6 is 15.9 Å². The molecule has 16 heavy (non-hydrogen) atoms. The van der Waals surface area contributed by atoms with Gasteiger partial charge >= 0.3 is 0 Å². The lowest BCUT2D eigenvalue weighted by Gasteiger charge is -2.11. The lowest BCUT2D eigenvalue weighted by atomic mass is 10.1. The zero-order chi connectivity index (χ0) is 11.8. The fourth-order valence-corrected chi connectivity index (χ4v) is 3.70. The molecule has 2 rings (SSSR count). The SMILES string of the molecule is CS(=O)(=O)c1ccccc1CC(Br)C1CC1. The van der Waals surface area contributed by atoms with Crippen LogP contribution in [0.2, 0.25) is 0 Å². The third kappa shape index (κ3) is 2.86. The van der Waals surface area contributed by atoms with Gasteiger partial charge in [0.1, 0.15) is 0 Å². The molecule has 0 aliphatic heterocycles. The molecule has 1 fully saturated rings. The molecule has 0 N–H and O–H groups in total. The fourth-order valence-electron chi connectivity index (χ4n) is 1.87. The highest BCUT2D eigenvalue weighted by Gasteiger charge is 2.30. The van der Waals surface area contributed by atoms with E-state index in [1.165, 1.54) is 19.1 Å². The van der Waals surface area contributed by atoms with Crippen LogP contribution in [0, 0.1) is 5.92 Å². The smallest absolute Gasteiger partial charge is 0.175 e. The van der Waals surface area contributed by atoms with Gasteiger partial charge in [-0.15, -0.1) is 0 Å². The minimum absolute atomic E-state index is 0.412. The Kier molecular flexibility index (Phi) is 3.40. The molecule has 0 spiro atoms. The summed E-state index contributed by atoms with van der Waals surface area (Å²) in [5.74, 6) is 0.729. The molecular formula is C12H15BrO2S. The molecule has 1 unspecified atom stereocenters. The molecule has 0 aromatic heterocycles. The number of hydrogen-bond acceptors (Lipinski definition) is 2. The second-order valence-corrected chi connectivity index (χ2v) is 7.60. The van der Waals surface area contributed by atoms with Crippen LogP contribution in [0.1, 0.15) is 18.4 Å². The molecule has 1 atom stereocenters. The number of alkyl halides is 1. The van der Waals surface area contributed by atoms with Crippen molar-refractivity contribution in [3.05, 3.63) is 29.8 Å². The van der Waals surface area contributed by atoms with E-state index in [1.807, 2.05) is 12.1 Å². The monoisotopic (exact) mass is 302 g/mol. The first-order valence-corrected chi connectivity index (χ1v) is 8.21. The standard InChI is InChI=1S/C12H15BrO2S/c1-16(14,15)12-5-3-2-4-10(12)8-11(13)9-6-7-9/h2-5,9,11H,6-8H2,1H3. The minimum Gasteiger partial charge on any atom is -0.224 e. The molecular weight excluding hydrogens is 288 g/mol. The number of halogens is 1. The Balaban J connectivity index is 2.26. The first kappa shape index (κ1) is 12.1. The second-order valence-electron chi connectivity index (χ2n) is 4.44. The molecule has 1 aromatic rings. The minimum atomic E-state index is -3.11. The lowest BCUT2D eigenvalue weighted by molar-refractivity contribution is 0.600. The van der Waals surface area contributed by atoms with Crippen LogP contribution in [0.4, 0.5) is 0 Å². The van der Waals surface area contributed by atoms with Gasteiger partial charge in [0.2, 0.25) is 0 Å². The quantitative estimate of drug-likeness (QED) is 0.802. The van der Waals surface area contributed by atoms with Gasteiger partial charge in [-0.05, 0) is 36.8 Å². The van der Waals surface area contributed by atoms with Crippen molar-refractivity contribution in [2.75, 3.05) is 6.26 Å². The zero-order valence-corrected chi connectivity index (χ0v) is 11.6. The van der Waals surface area contributed by atoms with Gasteiger partial charge in [-0.2, -0.15) is 0 Å². The molecule has 1 aromatic carbocycles. The number of hydrogen-bond donors (Lipinski definition) is 0. The Hall–Kier alpha value is -0.350. The van der Waals surface area contributed by atoms with Crippen LogP contribution in [0.15, 0.2) is 29.2 Å². The molecule has 0 heterocycles. The van der Waals surface area contributed by atoms with Gasteiger partial charge in [0.15, 0.2) is 9.84 Å². The van der Waals surface area contributed by atoms with E-state index in [0.29, 0.717) is 9.72 Å². The summed E-state index contributed by atoms with van der Waals surface area (Å²) in [6.45, 7) is 0. The van der Waals surface area contributed by atoms with Crippen LogP contribution in [0.3, 0.4) is 0 Å². The number of rotatable bonds is 4. The zero-order valence-electron chi connectivity index (χ0n) is 9.19. The van der Waals surface area contributed by atoms with Crippen molar-refractivity contribution in [2.24, 2.45) is 5.92 Å². The van der Waals surface area contributed by atoms with E-state index in [0.717, 1.165) is 17.9 Å². The molecule has 88 valence electrons. The van der Waals surface area contributed by atoms with Crippen LogP contribution in [0.5, 0.6) is 0 Å². The summed E-state index contributed by atoms with van der Waals surface area (Å²) in [5.41, 5.74) is 0.929. The highest BCUT2D eigenvalue weighted by Crippen LogP contribution is 2.38. The summed E-state index contributed by atoms with van der Waals surface area (Å²) < 4.78 is 23.2.